The van der Waals surface area contributed by atoms with Gasteiger partial charge < -0.3 is 42.6 Å². The van der Waals surface area contributed by atoms with E-state index in [1.165, 1.54) is 0 Å². The highest BCUT2D eigenvalue weighted by atomic mass is 16.7. The standard InChI is InChI=1S/C23H46N2O9/c1-26-13-15-29-17-18-34-23(20-30-10-5-24-3-8-28-9-4-24)22-19-25(7-12-33-22)6-11-31-21-32-16-14-27-2/h22-23H,3-21H2,1-2H3. The Labute approximate surface area is 204 Å². The third-order valence-corrected chi connectivity index (χ3v) is 5.67. The summed E-state index contributed by atoms with van der Waals surface area (Å²) in [6, 6.07) is 0. The smallest absolute Gasteiger partial charge is 0.146 e. The van der Waals surface area contributed by atoms with Gasteiger partial charge in [0.1, 0.15) is 12.9 Å². The molecule has 0 aromatic rings. The van der Waals surface area contributed by atoms with Crippen LogP contribution < -0.4 is 0 Å². The van der Waals surface area contributed by atoms with Gasteiger partial charge in [-0.1, -0.05) is 0 Å². The van der Waals surface area contributed by atoms with E-state index in [4.69, 9.17) is 42.6 Å². The van der Waals surface area contributed by atoms with Crippen molar-refractivity contribution in [2.24, 2.45) is 0 Å². The van der Waals surface area contributed by atoms with E-state index >= 15 is 0 Å². The van der Waals surface area contributed by atoms with E-state index in [-0.39, 0.29) is 19.0 Å². The summed E-state index contributed by atoms with van der Waals surface area (Å²) in [5, 5.41) is 0. The predicted molar refractivity (Wildman–Crippen MR) is 125 cm³/mol. The molecule has 11 heteroatoms. The SMILES string of the molecule is COCCOCCOC(COCCN1CCOCC1)C1CN(CCOCOCCOC)CCO1. The Morgan fingerprint density at radius 1 is 0.706 bits per heavy atom. The van der Waals surface area contributed by atoms with Crippen molar-refractivity contribution in [3.8, 4) is 0 Å². The first-order valence-corrected chi connectivity index (χ1v) is 12.4. The molecule has 2 unspecified atom stereocenters. The van der Waals surface area contributed by atoms with Crippen LogP contribution in [0, 0.1) is 0 Å². The number of methoxy groups -OCH3 is 2. The predicted octanol–water partition coefficient (Wildman–Crippen LogP) is -0.279. The van der Waals surface area contributed by atoms with Crippen LogP contribution >= 0.6 is 0 Å². The van der Waals surface area contributed by atoms with Crippen LogP contribution in [0.25, 0.3) is 0 Å². The Bertz CT molecular complexity index is 458. The number of nitrogens with zero attached hydrogens (tertiary/aromatic N) is 2. The number of ether oxygens (including phenoxy) is 9. The van der Waals surface area contributed by atoms with Crippen LogP contribution in [0.2, 0.25) is 0 Å². The monoisotopic (exact) mass is 494 g/mol. The van der Waals surface area contributed by atoms with Crippen molar-refractivity contribution in [2.45, 2.75) is 12.2 Å². The molecule has 11 nitrogen and oxygen atoms in total. The first-order chi connectivity index (χ1) is 16.8. The van der Waals surface area contributed by atoms with Gasteiger partial charge in [0.25, 0.3) is 0 Å². The molecule has 202 valence electrons. The van der Waals surface area contributed by atoms with Crippen molar-refractivity contribution < 1.29 is 42.6 Å². The molecule has 2 fully saturated rings. The summed E-state index contributed by atoms with van der Waals surface area (Å²) in [4.78, 5) is 4.70. The average Bonchev–Trinajstić information content (AvgIpc) is 2.87. The molecule has 0 N–H and O–H groups in total. The molecule has 0 aromatic heterocycles. The first kappa shape index (κ1) is 29.8. The second kappa shape index (κ2) is 20.7. The molecule has 2 heterocycles. The summed E-state index contributed by atoms with van der Waals surface area (Å²) in [5.41, 5.74) is 0. The van der Waals surface area contributed by atoms with Gasteiger partial charge in [0.15, 0.2) is 0 Å². The lowest BCUT2D eigenvalue weighted by atomic mass is 10.1. The molecule has 2 aliphatic heterocycles. The van der Waals surface area contributed by atoms with E-state index in [1.54, 1.807) is 14.2 Å². The van der Waals surface area contributed by atoms with Gasteiger partial charge in [-0.05, 0) is 0 Å². The highest BCUT2D eigenvalue weighted by Gasteiger charge is 2.29. The summed E-state index contributed by atoms with van der Waals surface area (Å²) in [6.45, 7) is 12.8. The molecule has 34 heavy (non-hydrogen) atoms. The quantitative estimate of drug-likeness (QED) is 0.156. The highest BCUT2D eigenvalue weighted by Crippen LogP contribution is 2.13. The lowest BCUT2D eigenvalue weighted by Gasteiger charge is -2.36. The van der Waals surface area contributed by atoms with Gasteiger partial charge in [0, 0.05) is 53.5 Å². The van der Waals surface area contributed by atoms with Crippen molar-refractivity contribution in [1.82, 2.24) is 9.80 Å². The van der Waals surface area contributed by atoms with Crippen LogP contribution in [0.3, 0.4) is 0 Å². The van der Waals surface area contributed by atoms with E-state index < -0.39 is 0 Å². The zero-order chi connectivity index (χ0) is 24.1. The zero-order valence-corrected chi connectivity index (χ0v) is 21.2. The molecular weight excluding hydrogens is 448 g/mol. The zero-order valence-electron chi connectivity index (χ0n) is 21.2. The fourth-order valence-corrected chi connectivity index (χ4v) is 3.66. The Morgan fingerprint density at radius 3 is 2.15 bits per heavy atom. The Hall–Kier alpha value is -0.440. The van der Waals surface area contributed by atoms with E-state index in [9.17, 15) is 0 Å². The topological polar surface area (TPSA) is 89.6 Å². The minimum atomic E-state index is -0.156. The molecule has 0 saturated carbocycles. The molecule has 2 atom stereocenters. The lowest BCUT2D eigenvalue weighted by Crippen LogP contribution is -2.51. The van der Waals surface area contributed by atoms with Gasteiger partial charge in [-0.2, -0.15) is 0 Å². The van der Waals surface area contributed by atoms with E-state index in [2.05, 4.69) is 9.80 Å². The van der Waals surface area contributed by atoms with Crippen LogP contribution in [-0.4, -0.2) is 162 Å². The summed E-state index contributed by atoms with van der Waals surface area (Å²) in [6.07, 6.45) is -0.217. The Morgan fingerprint density at radius 2 is 1.35 bits per heavy atom. The van der Waals surface area contributed by atoms with Crippen LogP contribution in [-0.2, 0) is 42.6 Å². The molecule has 2 aliphatic rings. The summed E-state index contributed by atoms with van der Waals surface area (Å²) in [5.74, 6) is 0. The van der Waals surface area contributed by atoms with Crippen LogP contribution in [0.1, 0.15) is 0 Å². The lowest BCUT2D eigenvalue weighted by molar-refractivity contribution is -0.142. The van der Waals surface area contributed by atoms with Crippen molar-refractivity contribution in [3.05, 3.63) is 0 Å². The van der Waals surface area contributed by atoms with Gasteiger partial charge in [-0.25, -0.2) is 0 Å². The highest BCUT2D eigenvalue weighted by molar-refractivity contribution is 4.79. The fourth-order valence-electron chi connectivity index (χ4n) is 3.66. The third kappa shape index (κ3) is 14.2. The molecule has 0 radical (unpaired) electrons. The number of hydrogen-bond donors (Lipinski definition) is 0. The minimum Gasteiger partial charge on any atom is -0.382 e. The number of morpholine rings is 2. The summed E-state index contributed by atoms with van der Waals surface area (Å²) >= 11 is 0. The normalized spacial score (nSPS) is 21.2. The van der Waals surface area contributed by atoms with Crippen molar-refractivity contribution in [1.29, 1.82) is 0 Å². The Balaban J connectivity index is 1.68. The van der Waals surface area contributed by atoms with E-state index in [1.807, 2.05) is 0 Å². The largest absolute Gasteiger partial charge is 0.382 e. The molecule has 0 aliphatic carbocycles. The number of hydrogen-bond acceptors (Lipinski definition) is 11. The molecule has 0 bridgehead atoms. The van der Waals surface area contributed by atoms with Gasteiger partial charge in [0.05, 0.1) is 85.4 Å². The fraction of sp³-hybridized carbons (Fsp3) is 1.00. The van der Waals surface area contributed by atoms with Crippen molar-refractivity contribution in [2.75, 3.05) is 140 Å². The summed E-state index contributed by atoms with van der Waals surface area (Å²) in [7, 11) is 3.31. The van der Waals surface area contributed by atoms with Crippen molar-refractivity contribution >= 4 is 0 Å². The molecular formula is C23H46N2O9. The maximum Gasteiger partial charge on any atom is 0.146 e. The van der Waals surface area contributed by atoms with Crippen LogP contribution in [0.5, 0.6) is 0 Å². The molecule has 0 spiro atoms. The van der Waals surface area contributed by atoms with Crippen LogP contribution in [0.15, 0.2) is 0 Å². The number of rotatable bonds is 21. The Kier molecular flexibility index (Phi) is 18.2. The molecule has 0 aromatic carbocycles. The van der Waals surface area contributed by atoms with E-state index in [0.717, 1.165) is 52.5 Å². The second-order valence-electron chi connectivity index (χ2n) is 8.18. The van der Waals surface area contributed by atoms with Crippen LogP contribution in [0.4, 0.5) is 0 Å². The second-order valence-corrected chi connectivity index (χ2v) is 8.18. The molecule has 0 amide bonds. The van der Waals surface area contributed by atoms with Gasteiger partial charge in [-0.3, -0.25) is 9.80 Å². The van der Waals surface area contributed by atoms with Gasteiger partial charge >= 0.3 is 0 Å². The van der Waals surface area contributed by atoms with Gasteiger partial charge in [0.2, 0.25) is 0 Å². The molecule has 2 rings (SSSR count). The third-order valence-electron chi connectivity index (χ3n) is 5.67. The first-order valence-electron chi connectivity index (χ1n) is 12.4. The average molecular weight is 495 g/mol. The molecule has 2 saturated heterocycles. The maximum absolute atomic E-state index is 6.14. The maximum atomic E-state index is 6.14. The summed E-state index contributed by atoms with van der Waals surface area (Å²) < 4.78 is 50.0. The van der Waals surface area contributed by atoms with E-state index in [0.29, 0.717) is 66.1 Å². The minimum absolute atomic E-state index is 0.0611. The van der Waals surface area contributed by atoms with Gasteiger partial charge in [-0.15, -0.1) is 0 Å². The van der Waals surface area contributed by atoms with Crippen molar-refractivity contribution in [3.63, 3.8) is 0 Å².